The van der Waals surface area contributed by atoms with Crippen LogP contribution in [0.4, 0.5) is 0 Å². The van der Waals surface area contributed by atoms with E-state index in [1.54, 1.807) is 0 Å². The smallest absolute Gasteiger partial charge is 0.309 e. The van der Waals surface area contributed by atoms with E-state index in [4.69, 9.17) is 4.74 Å². The molecule has 0 fully saturated rings. The van der Waals surface area contributed by atoms with E-state index in [-0.39, 0.29) is 5.97 Å². The summed E-state index contributed by atoms with van der Waals surface area (Å²) >= 11 is 0. The molecular weight excluding hydrogens is 240 g/mol. The number of hydrogen-bond donors (Lipinski definition) is 0. The van der Waals surface area contributed by atoms with Crippen LogP contribution in [-0.4, -0.2) is 19.7 Å². The fraction of sp³-hybridized carbons (Fsp3) is 0.312. The van der Waals surface area contributed by atoms with E-state index in [0.29, 0.717) is 13.0 Å². The van der Waals surface area contributed by atoms with E-state index in [1.165, 1.54) is 7.11 Å². The molecule has 0 unspecified atom stereocenters. The van der Waals surface area contributed by atoms with Gasteiger partial charge in [-0.1, -0.05) is 31.2 Å². The Kier molecular flexibility index (Phi) is 4.39. The van der Waals surface area contributed by atoms with Crippen molar-refractivity contribution >= 4 is 16.7 Å². The van der Waals surface area contributed by atoms with Gasteiger partial charge >= 0.3 is 5.97 Å². The number of carbonyl (C=O) groups excluding carboxylic acids is 1. The number of ether oxygens (including phenoxy) is 2. The summed E-state index contributed by atoms with van der Waals surface area (Å²) in [7, 11) is 1.40. The summed E-state index contributed by atoms with van der Waals surface area (Å²) in [6, 6.07) is 12.0. The average molecular weight is 258 g/mol. The fourth-order valence-corrected chi connectivity index (χ4v) is 1.93. The van der Waals surface area contributed by atoms with Crippen molar-refractivity contribution in [3.8, 4) is 5.75 Å². The SMILES string of the molecule is CCCOc1ccc2ccc(CC(=O)OC)cc2c1. The van der Waals surface area contributed by atoms with Gasteiger partial charge in [0.2, 0.25) is 0 Å². The molecule has 0 heterocycles. The molecule has 0 amide bonds. The monoisotopic (exact) mass is 258 g/mol. The summed E-state index contributed by atoms with van der Waals surface area (Å²) in [6.45, 7) is 2.79. The molecule has 0 radical (unpaired) electrons. The van der Waals surface area contributed by atoms with Crippen LogP contribution in [0.5, 0.6) is 5.75 Å². The second-order valence-corrected chi connectivity index (χ2v) is 4.44. The molecule has 100 valence electrons. The number of fused-ring (bicyclic) bond motifs is 1. The normalized spacial score (nSPS) is 10.4. The van der Waals surface area contributed by atoms with Crippen LogP contribution in [0.25, 0.3) is 10.8 Å². The van der Waals surface area contributed by atoms with Crippen molar-refractivity contribution in [3.05, 3.63) is 42.0 Å². The summed E-state index contributed by atoms with van der Waals surface area (Å²) < 4.78 is 10.3. The van der Waals surface area contributed by atoms with Gasteiger partial charge in [0, 0.05) is 0 Å². The topological polar surface area (TPSA) is 35.5 Å². The first kappa shape index (κ1) is 13.4. The number of methoxy groups -OCH3 is 1. The first-order chi connectivity index (χ1) is 9.22. The summed E-state index contributed by atoms with van der Waals surface area (Å²) in [5.74, 6) is 0.641. The lowest BCUT2D eigenvalue weighted by atomic mass is 10.0. The van der Waals surface area contributed by atoms with E-state index >= 15 is 0 Å². The van der Waals surface area contributed by atoms with E-state index in [2.05, 4.69) is 11.7 Å². The fourth-order valence-electron chi connectivity index (χ4n) is 1.93. The largest absolute Gasteiger partial charge is 0.494 e. The number of rotatable bonds is 5. The third-order valence-corrected chi connectivity index (χ3v) is 2.93. The molecule has 0 aliphatic heterocycles. The maximum Gasteiger partial charge on any atom is 0.309 e. The molecular formula is C16H18O3. The summed E-state index contributed by atoms with van der Waals surface area (Å²) in [5.41, 5.74) is 0.951. The number of carbonyl (C=O) groups is 1. The van der Waals surface area contributed by atoms with Crippen molar-refractivity contribution in [1.82, 2.24) is 0 Å². The highest BCUT2D eigenvalue weighted by atomic mass is 16.5. The summed E-state index contributed by atoms with van der Waals surface area (Å²) in [4.78, 5) is 11.3. The maximum absolute atomic E-state index is 11.3. The predicted octanol–water partition coefficient (Wildman–Crippen LogP) is 3.34. The van der Waals surface area contributed by atoms with Gasteiger partial charge in [0.1, 0.15) is 5.75 Å². The Morgan fingerprint density at radius 2 is 1.89 bits per heavy atom. The minimum absolute atomic E-state index is 0.224. The lowest BCUT2D eigenvalue weighted by Gasteiger charge is -2.07. The maximum atomic E-state index is 11.3. The molecule has 0 aromatic heterocycles. The zero-order chi connectivity index (χ0) is 13.7. The van der Waals surface area contributed by atoms with Crippen molar-refractivity contribution in [2.24, 2.45) is 0 Å². The second kappa shape index (κ2) is 6.23. The van der Waals surface area contributed by atoms with Gasteiger partial charge in [-0.2, -0.15) is 0 Å². The second-order valence-electron chi connectivity index (χ2n) is 4.44. The molecule has 0 bridgehead atoms. The van der Waals surface area contributed by atoms with Gasteiger partial charge in [0.15, 0.2) is 0 Å². The van der Waals surface area contributed by atoms with Crippen LogP contribution in [0.1, 0.15) is 18.9 Å². The lowest BCUT2D eigenvalue weighted by molar-refractivity contribution is -0.139. The quantitative estimate of drug-likeness (QED) is 0.771. The minimum atomic E-state index is -0.224. The molecule has 2 aromatic rings. The van der Waals surface area contributed by atoms with Crippen LogP contribution in [0.2, 0.25) is 0 Å². The highest BCUT2D eigenvalue weighted by Gasteiger charge is 2.04. The van der Waals surface area contributed by atoms with Gasteiger partial charge < -0.3 is 9.47 Å². The highest BCUT2D eigenvalue weighted by molar-refractivity contribution is 5.85. The summed E-state index contributed by atoms with van der Waals surface area (Å²) in [6.07, 6.45) is 1.28. The Morgan fingerprint density at radius 3 is 2.63 bits per heavy atom. The molecule has 0 aliphatic carbocycles. The molecule has 0 spiro atoms. The lowest BCUT2D eigenvalue weighted by Crippen LogP contribution is -2.04. The molecule has 0 saturated heterocycles. The first-order valence-corrected chi connectivity index (χ1v) is 6.45. The van der Waals surface area contributed by atoms with Crippen LogP contribution in [0, 0.1) is 0 Å². The molecule has 0 atom stereocenters. The van der Waals surface area contributed by atoms with Crippen LogP contribution < -0.4 is 4.74 Å². The van der Waals surface area contributed by atoms with Crippen LogP contribution in [-0.2, 0) is 16.0 Å². The number of benzene rings is 2. The van der Waals surface area contributed by atoms with Crippen molar-refractivity contribution in [2.45, 2.75) is 19.8 Å². The number of hydrogen-bond acceptors (Lipinski definition) is 3. The third kappa shape index (κ3) is 3.47. The molecule has 3 heteroatoms. The standard InChI is InChI=1S/C16H18O3/c1-3-8-19-15-7-6-13-5-4-12(9-14(13)11-15)10-16(17)18-2/h4-7,9,11H,3,8,10H2,1-2H3. The Bertz CT molecular complexity index is 575. The van der Waals surface area contributed by atoms with Crippen molar-refractivity contribution in [2.75, 3.05) is 13.7 Å². The Balaban J connectivity index is 2.26. The van der Waals surface area contributed by atoms with Gasteiger partial charge in [-0.3, -0.25) is 4.79 Å². The van der Waals surface area contributed by atoms with Crippen LogP contribution in [0.3, 0.4) is 0 Å². The van der Waals surface area contributed by atoms with E-state index in [0.717, 1.165) is 28.5 Å². The van der Waals surface area contributed by atoms with E-state index < -0.39 is 0 Å². The Morgan fingerprint density at radius 1 is 1.11 bits per heavy atom. The molecule has 0 saturated carbocycles. The molecule has 19 heavy (non-hydrogen) atoms. The van der Waals surface area contributed by atoms with Crippen LogP contribution >= 0.6 is 0 Å². The van der Waals surface area contributed by atoms with E-state index in [9.17, 15) is 4.79 Å². The van der Waals surface area contributed by atoms with Crippen molar-refractivity contribution in [1.29, 1.82) is 0 Å². The predicted molar refractivity (Wildman–Crippen MR) is 75.5 cm³/mol. The van der Waals surface area contributed by atoms with Gasteiger partial charge in [-0.25, -0.2) is 0 Å². The van der Waals surface area contributed by atoms with Crippen molar-refractivity contribution in [3.63, 3.8) is 0 Å². The Hall–Kier alpha value is -2.03. The number of esters is 1. The van der Waals surface area contributed by atoms with Gasteiger partial charge in [-0.15, -0.1) is 0 Å². The van der Waals surface area contributed by atoms with Gasteiger partial charge in [-0.05, 0) is 34.9 Å². The molecule has 0 N–H and O–H groups in total. The van der Waals surface area contributed by atoms with Crippen molar-refractivity contribution < 1.29 is 14.3 Å². The molecule has 0 aliphatic rings. The van der Waals surface area contributed by atoms with Crippen LogP contribution in [0.15, 0.2) is 36.4 Å². The zero-order valence-electron chi connectivity index (χ0n) is 11.3. The Labute approximate surface area is 113 Å². The zero-order valence-corrected chi connectivity index (χ0v) is 11.3. The molecule has 3 nitrogen and oxygen atoms in total. The minimum Gasteiger partial charge on any atom is -0.494 e. The highest BCUT2D eigenvalue weighted by Crippen LogP contribution is 2.22. The average Bonchev–Trinajstić information content (AvgIpc) is 2.44. The summed E-state index contributed by atoms with van der Waals surface area (Å²) in [5, 5.41) is 2.22. The first-order valence-electron chi connectivity index (χ1n) is 6.45. The van der Waals surface area contributed by atoms with E-state index in [1.807, 2.05) is 36.4 Å². The van der Waals surface area contributed by atoms with Gasteiger partial charge in [0.05, 0.1) is 20.1 Å². The molecule has 2 aromatic carbocycles. The van der Waals surface area contributed by atoms with Gasteiger partial charge in [0.25, 0.3) is 0 Å². The third-order valence-electron chi connectivity index (χ3n) is 2.93. The molecule has 2 rings (SSSR count).